The molecule has 0 saturated heterocycles. The van der Waals surface area contributed by atoms with Crippen molar-refractivity contribution in [3.8, 4) is 11.5 Å². The first kappa shape index (κ1) is 11.4. The molecule has 16 heavy (non-hydrogen) atoms. The van der Waals surface area contributed by atoms with Crippen molar-refractivity contribution in [2.24, 2.45) is 0 Å². The Balaban J connectivity index is 2.27. The molecule has 4 heteroatoms. The summed E-state index contributed by atoms with van der Waals surface area (Å²) >= 11 is 0.267. The fourth-order valence-corrected chi connectivity index (χ4v) is 2.02. The van der Waals surface area contributed by atoms with Crippen molar-refractivity contribution in [3.05, 3.63) is 29.8 Å². The van der Waals surface area contributed by atoms with E-state index >= 15 is 0 Å². The van der Waals surface area contributed by atoms with Crippen LogP contribution in [0.3, 0.4) is 0 Å². The Bertz CT molecular complexity index is 462. The number of rotatable bonds is 3. The normalized spacial score (nSPS) is 11.0. The van der Waals surface area contributed by atoms with Crippen LogP contribution < -0.4 is 4.79 Å². The quantitative estimate of drug-likeness (QED) is 0.810. The Morgan fingerprint density at radius 3 is 2.31 bits per heavy atom. The third-order valence-electron chi connectivity index (χ3n) is 2.41. The van der Waals surface area contributed by atoms with E-state index in [0.29, 0.717) is 11.8 Å². The summed E-state index contributed by atoms with van der Waals surface area (Å²) < 4.78 is 5.52. The Kier molecular flexibility index (Phi) is 3.42. The summed E-state index contributed by atoms with van der Waals surface area (Å²) in [5, 5.41) is 8.01. The molecule has 2 rings (SSSR count). The molecular weight excluding hydrogens is 267 g/mol. The minimum atomic E-state index is 0.267. The van der Waals surface area contributed by atoms with Gasteiger partial charge in [-0.05, 0) is 0 Å². The average Bonchev–Trinajstić information content (AvgIpc) is 2.77. The molecule has 3 nitrogen and oxygen atoms in total. The SMILES string of the molecule is C[Se]c1nnc(-c2ccc(C(C)C)cc2)o1. The molecule has 0 atom stereocenters. The second-order valence-electron chi connectivity index (χ2n) is 3.85. The van der Waals surface area contributed by atoms with Crippen LogP contribution in [-0.2, 0) is 0 Å². The zero-order chi connectivity index (χ0) is 11.5. The van der Waals surface area contributed by atoms with Crippen molar-refractivity contribution in [1.29, 1.82) is 0 Å². The molecular formula is C12H14N2OSe. The first-order valence-electron chi connectivity index (χ1n) is 5.18. The second kappa shape index (κ2) is 4.81. The van der Waals surface area contributed by atoms with Gasteiger partial charge in [0.05, 0.1) is 0 Å². The van der Waals surface area contributed by atoms with E-state index in [1.807, 2.05) is 12.1 Å². The van der Waals surface area contributed by atoms with Crippen LogP contribution in [0.25, 0.3) is 11.5 Å². The van der Waals surface area contributed by atoms with E-state index in [2.05, 4.69) is 42.0 Å². The van der Waals surface area contributed by atoms with Crippen LogP contribution in [0.1, 0.15) is 25.3 Å². The maximum atomic E-state index is 5.52. The van der Waals surface area contributed by atoms with Gasteiger partial charge in [-0.3, -0.25) is 0 Å². The van der Waals surface area contributed by atoms with Gasteiger partial charge >= 0.3 is 101 Å². The fourth-order valence-electron chi connectivity index (χ4n) is 1.42. The molecule has 84 valence electrons. The first-order chi connectivity index (χ1) is 7.70. The van der Waals surface area contributed by atoms with Crippen molar-refractivity contribution < 1.29 is 4.42 Å². The summed E-state index contributed by atoms with van der Waals surface area (Å²) in [6.45, 7) is 4.36. The monoisotopic (exact) mass is 282 g/mol. The summed E-state index contributed by atoms with van der Waals surface area (Å²) in [6, 6.07) is 8.30. The Labute approximate surface area is 101 Å². The fraction of sp³-hybridized carbons (Fsp3) is 0.333. The second-order valence-corrected chi connectivity index (χ2v) is 5.44. The molecule has 0 amide bonds. The molecule has 0 fully saturated rings. The first-order valence-corrected chi connectivity index (χ1v) is 7.75. The van der Waals surface area contributed by atoms with E-state index in [4.69, 9.17) is 4.42 Å². The Morgan fingerprint density at radius 2 is 1.81 bits per heavy atom. The van der Waals surface area contributed by atoms with Crippen LogP contribution in [0, 0.1) is 0 Å². The maximum absolute atomic E-state index is 5.52. The number of hydrogen-bond donors (Lipinski definition) is 0. The molecule has 0 aliphatic carbocycles. The molecule has 0 saturated carbocycles. The van der Waals surface area contributed by atoms with Crippen LogP contribution in [0.15, 0.2) is 28.7 Å². The van der Waals surface area contributed by atoms with Gasteiger partial charge in [0.1, 0.15) is 0 Å². The number of aromatic nitrogens is 2. The van der Waals surface area contributed by atoms with Crippen molar-refractivity contribution >= 4 is 19.7 Å². The zero-order valence-electron chi connectivity index (χ0n) is 9.60. The third-order valence-corrected chi connectivity index (χ3v) is 3.48. The zero-order valence-corrected chi connectivity index (χ0v) is 11.3. The van der Waals surface area contributed by atoms with Crippen LogP contribution in [0.2, 0.25) is 5.82 Å². The molecule has 0 radical (unpaired) electrons. The van der Waals surface area contributed by atoms with Crippen LogP contribution in [0.4, 0.5) is 0 Å². The van der Waals surface area contributed by atoms with Crippen molar-refractivity contribution in [2.75, 3.05) is 0 Å². The number of hydrogen-bond acceptors (Lipinski definition) is 3. The van der Waals surface area contributed by atoms with E-state index in [-0.39, 0.29) is 15.0 Å². The summed E-state index contributed by atoms with van der Waals surface area (Å²) in [4.78, 5) is 0.746. The molecule has 1 heterocycles. The molecule has 0 aliphatic rings. The number of benzene rings is 1. The van der Waals surface area contributed by atoms with Gasteiger partial charge in [0.2, 0.25) is 0 Å². The van der Waals surface area contributed by atoms with Crippen LogP contribution >= 0.6 is 0 Å². The summed E-state index contributed by atoms with van der Waals surface area (Å²) in [6.07, 6.45) is 0. The van der Waals surface area contributed by atoms with E-state index in [1.165, 1.54) is 5.56 Å². The van der Waals surface area contributed by atoms with E-state index < -0.39 is 0 Å². The van der Waals surface area contributed by atoms with E-state index in [9.17, 15) is 0 Å². The van der Waals surface area contributed by atoms with Gasteiger partial charge in [-0.2, -0.15) is 0 Å². The minimum absolute atomic E-state index is 0.267. The van der Waals surface area contributed by atoms with Gasteiger partial charge < -0.3 is 0 Å². The van der Waals surface area contributed by atoms with Gasteiger partial charge in [-0.1, -0.05) is 0 Å². The van der Waals surface area contributed by atoms with Crippen molar-refractivity contribution in [2.45, 2.75) is 25.6 Å². The topological polar surface area (TPSA) is 38.9 Å². The summed E-state index contributed by atoms with van der Waals surface area (Å²) in [5.41, 5.74) is 2.32. The van der Waals surface area contributed by atoms with Gasteiger partial charge in [0.15, 0.2) is 0 Å². The molecule has 0 N–H and O–H groups in total. The predicted molar refractivity (Wildman–Crippen MR) is 65.1 cm³/mol. The van der Waals surface area contributed by atoms with Crippen LogP contribution in [-0.4, -0.2) is 25.2 Å². The van der Waals surface area contributed by atoms with E-state index in [1.54, 1.807) is 0 Å². The molecule has 0 unspecified atom stereocenters. The molecule has 1 aromatic carbocycles. The summed E-state index contributed by atoms with van der Waals surface area (Å²) in [7, 11) is 0. The van der Waals surface area contributed by atoms with Gasteiger partial charge in [-0.15, -0.1) is 0 Å². The predicted octanol–water partition coefficient (Wildman–Crippen LogP) is 2.24. The molecule has 0 spiro atoms. The Hall–Kier alpha value is -1.12. The Morgan fingerprint density at radius 1 is 1.12 bits per heavy atom. The summed E-state index contributed by atoms with van der Waals surface area (Å²) in [5.74, 6) is 3.23. The molecule has 0 aliphatic heterocycles. The average molecular weight is 281 g/mol. The molecule has 2 aromatic rings. The van der Waals surface area contributed by atoms with Crippen molar-refractivity contribution in [3.63, 3.8) is 0 Å². The van der Waals surface area contributed by atoms with Gasteiger partial charge in [0, 0.05) is 0 Å². The molecule has 1 aromatic heterocycles. The van der Waals surface area contributed by atoms with Gasteiger partial charge in [0.25, 0.3) is 0 Å². The van der Waals surface area contributed by atoms with Crippen LogP contribution in [0.5, 0.6) is 0 Å². The van der Waals surface area contributed by atoms with E-state index in [0.717, 1.165) is 10.4 Å². The van der Waals surface area contributed by atoms with Crippen molar-refractivity contribution in [1.82, 2.24) is 10.2 Å². The molecule has 0 bridgehead atoms. The standard InChI is InChI=1S/C12H14N2OSe/c1-8(2)9-4-6-10(7-5-9)11-13-14-12(15-11)16-3/h4-8H,1-3H3. The van der Waals surface area contributed by atoms with Gasteiger partial charge in [-0.25, -0.2) is 0 Å². The number of nitrogens with zero attached hydrogens (tertiary/aromatic N) is 2. The third kappa shape index (κ3) is 2.34.